The van der Waals surface area contributed by atoms with Gasteiger partial charge in [-0.25, -0.2) is 19.3 Å². The monoisotopic (exact) mass is 325 g/mol. The largest absolute Gasteiger partial charge is 0.244 e. The summed E-state index contributed by atoms with van der Waals surface area (Å²) in [6.45, 7) is 0. The minimum atomic E-state index is -0.254. The fourth-order valence-corrected chi connectivity index (χ4v) is 4.14. The summed E-state index contributed by atoms with van der Waals surface area (Å²) in [7, 11) is 0. The van der Waals surface area contributed by atoms with Crippen LogP contribution in [-0.4, -0.2) is 15.0 Å². The van der Waals surface area contributed by atoms with E-state index in [2.05, 4.69) is 15.0 Å². The fourth-order valence-electron chi connectivity index (χ4n) is 3.32. The van der Waals surface area contributed by atoms with Crippen LogP contribution in [0.1, 0.15) is 37.2 Å². The molecule has 0 aliphatic heterocycles. The molecule has 1 aromatic carbocycles. The molecule has 0 radical (unpaired) electrons. The lowest BCUT2D eigenvalue weighted by molar-refractivity contribution is 0.631. The predicted molar refractivity (Wildman–Crippen MR) is 89.7 cm³/mol. The number of benzene rings is 1. The Balaban J connectivity index is 1.84. The summed E-state index contributed by atoms with van der Waals surface area (Å²) in [6, 6.07) is 6.76. The van der Waals surface area contributed by atoms with Crippen LogP contribution in [0.3, 0.4) is 0 Å². The molecule has 116 valence electrons. The Morgan fingerprint density at radius 2 is 1.87 bits per heavy atom. The Hall–Kier alpha value is -2.14. The number of hydrogen-bond donors (Lipinski definition) is 0. The number of rotatable bonds is 3. The summed E-state index contributed by atoms with van der Waals surface area (Å²) in [5.74, 6) is 0.248. The molecule has 0 unspecified atom stereocenters. The minimum absolute atomic E-state index is 0.254. The molecule has 0 bridgehead atoms. The van der Waals surface area contributed by atoms with Crippen LogP contribution in [-0.2, 0) is 0 Å². The van der Waals surface area contributed by atoms with Crippen molar-refractivity contribution in [2.45, 2.75) is 31.6 Å². The van der Waals surface area contributed by atoms with Gasteiger partial charge >= 0.3 is 0 Å². The zero-order valence-corrected chi connectivity index (χ0v) is 13.4. The van der Waals surface area contributed by atoms with Crippen LogP contribution in [0.2, 0.25) is 0 Å². The Bertz CT molecular complexity index is 824. The second-order valence-corrected chi connectivity index (χ2v) is 6.67. The van der Waals surface area contributed by atoms with Gasteiger partial charge in [0.15, 0.2) is 0 Å². The zero-order chi connectivity index (χ0) is 15.6. The Kier molecular flexibility index (Phi) is 3.87. The molecule has 4 rings (SSSR count). The predicted octanol–water partition coefficient (Wildman–Crippen LogP) is 5.06. The van der Waals surface area contributed by atoms with Gasteiger partial charge in [-0.2, -0.15) is 0 Å². The first-order chi connectivity index (χ1) is 11.3. The molecular weight excluding hydrogens is 309 g/mol. The molecule has 2 heterocycles. The molecule has 5 heteroatoms. The van der Waals surface area contributed by atoms with Gasteiger partial charge in [0.05, 0.1) is 21.8 Å². The van der Waals surface area contributed by atoms with E-state index in [0.29, 0.717) is 17.2 Å². The van der Waals surface area contributed by atoms with Crippen molar-refractivity contribution in [3.8, 4) is 21.8 Å². The minimum Gasteiger partial charge on any atom is -0.244 e. The maximum atomic E-state index is 14.2. The van der Waals surface area contributed by atoms with Crippen molar-refractivity contribution < 1.29 is 4.39 Å². The smallest absolute Gasteiger partial charge is 0.132 e. The van der Waals surface area contributed by atoms with Gasteiger partial charge in [0, 0.05) is 17.3 Å². The lowest BCUT2D eigenvalue weighted by Gasteiger charge is -2.13. The first kappa shape index (κ1) is 14.5. The molecule has 1 aliphatic rings. The summed E-state index contributed by atoms with van der Waals surface area (Å²) >= 11 is 1.51. The second kappa shape index (κ2) is 6.16. The molecule has 0 amide bonds. The summed E-state index contributed by atoms with van der Waals surface area (Å²) < 4.78 is 14.2. The van der Waals surface area contributed by atoms with Crippen molar-refractivity contribution in [2.75, 3.05) is 0 Å². The summed E-state index contributed by atoms with van der Waals surface area (Å²) in [4.78, 5) is 14.1. The van der Waals surface area contributed by atoms with Crippen molar-refractivity contribution in [3.63, 3.8) is 0 Å². The highest BCUT2D eigenvalue weighted by Crippen LogP contribution is 2.42. The second-order valence-electron chi connectivity index (χ2n) is 5.82. The van der Waals surface area contributed by atoms with Crippen molar-refractivity contribution in [1.82, 2.24) is 15.0 Å². The lowest BCUT2D eigenvalue weighted by Crippen LogP contribution is -1.99. The molecule has 3 nitrogen and oxygen atoms in total. The van der Waals surface area contributed by atoms with Crippen LogP contribution in [0.25, 0.3) is 21.8 Å². The first-order valence-electron chi connectivity index (χ1n) is 7.83. The molecular formula is C18H16FN3S. The average molecular weight is 325 g/mol. The van der Waals surface area contributed by atoms with E-state index in [0.717, 1.165) is 10.6 Å². The van der Waals surface area contributed by atoms with Gasteiger partial charge in [0.2, 0.25) is 0 Å². The van der Waals surface area contributed by atoms with E-state index in [1.807, 2.05) is 12.3 Å². The summed E-state index contributed by atoms with van der Waals surface area (Å²) in [6.07, 6.45) is 8.34. The van der Waals surface area contributed by atoms with E-state index in [1.54, 1.807) is 24.0 Å². The highest BCUT2D eigenvalue weighted by atomic mass is 32.1. The van der Waals surface area contributed by atoms with Gasteiger partial charge in [-0.1, -0.05) is 25.0 Å². The van der Waals surface area contributed by atoms with Crippen LogP contribution in [0.15, 0.2) is 42.3 Å². The highest BCUT2D eigenvalue weighted by molar-refractivity contribution is 7.13. The summed E-state index contributed by atoms with van der Waals surface area (Å²) in [5.41, 5.74) is 5.04. The van der Waals surface area contributed by atoms with Crippen LogP contribution >= 0.6 is 11.3 Å². The third kappa shape index (κ3) is 2.65. The van der Waals surface area contributed by atoms with E-state index in [-0.39, 0.29) is 5.82 Å². The van der Waals surface area contributed by atoms with Crippen LogP contribution in [0.4, 0.5) is 4.39 Å². The SMILES string of the molecule is Fc1ccccc1-c1ncsc1-c1ncncc1C1CCCC1. The fraction of sp³-hybridized carbons (Fsp3) is 0.278. The van der Waals surface area contributed by atoms with E-state index in [4.69, 9.17) is 0 Å². The van der Waals surface area contributed by atoms with E-state index >= 15 is 0 Å². The molecule has 1 aliphatic carbocycles. The number of thiazole rings is 1. The van der Waals surface area contributed by atoms with E-state index < -0.39 is 0 Å². The maximum absolute atomic E-state index is 14.2. The van der Waals surface area contributed by atoms with Crippen LogP contribution in [0, 0.1) is 5.82 Å². The first-order valence-corrected chi connectivity index (χ1v) is 8.71. The molecule has 0 N–H and O–H groups in total. The molecule has 1 fully saturated rings. The van der Waals surface area contributed by atoms with Gasteiger partial charge in [-0.15, -0.1) is 11.3 Å². The number of aromatic nitrogens is 3. The summed E-state index contributed by atoms with van der Waals surface area (Å²) in [5, 5.41) is 0. The van der Waals surface area contributed by atoms with E-state index in [9.17, 15) is 4.39 Å². The van der Waals surface area contributed by atoms with Crippen molar-refractivity contribution in [2.24, 2.45) is 0 Å². The number of halogens is 1. The number of nitrogens with zero attached hydrogens (tertiary/aromatic N) is 3. The van der Waals surface area contributed by atoms with Gasteiger partial charge in [0.25, 0.3) is 0 Å². The Morgan fingerprint density at radius 3 is 2.70 bits per heavy atom. The standard InChI is InChI=1S/C18H16FN3S/c19-15-8-4-3-7-13(15)16-18(23-11-22-16)17-14(9-20-10-21-17)12-5-1-2-6-12/h3-4,7-12H,1-2,5-6H2. The average Bonchev–Trinajstić information content (AvgIpc) is 3.27. The van der Waals surface area contributed by atoms with Crippen LogP contribution < -0.4 is 0 Å². The topological polar surface area (TPSA) is 38.7 Å². The van der Waals surface area contributed by atoms with Crippen molar-refractivity contribution in [1.29, 1.82) is 0 Å². The normalized spacial score (nSPS) is 15.2. The van der Waals surface area contributed by atoms with Gasteiger partial charge < -0.3 is 0 Å². The third-order valence-corrected chi connectivity index (χ3v) is 5.28. The van der Waals surface area contributed by atoms with Gasteiger partial charge in [-0.05, 0) is 30.9 Å². The molecule has 1 saturated carbocycles. The molecule has 23 heavy (non-hydrogen) atoms. The van der Waals surface area contributed by atoms with Crippen LogP contribution in [0.5, 0.6) is 0 Å². The van der Waals surface area contributed by atoms with Gasteiger partial charge in [0.1, 0.15) is 12.1 Å². The van der Waals surface area contributed by atoms with Gasteiger partial charge in [-0.3, -0.25) is 0 Å². The van der Waals surface area contributed by atoms with E-state index in [1.165, 1.54) is 48.6 Å². The quantitative estimate of drug-likeness (QED) is 0.675. The number of hydrogen-bond acceptors (Lipinski definition) is 4. The Morgan fingerprint density at radius 1 is 1.04 bits per heavy atom. The molecule has 2 aromatic heterocycles. The molecule has 0 saturated heterocycles. The molecule has 3 aromatic rings. The zero-order valence-electron chi connectivity index (χ0n) is 12.6. The lowest BCUT2D eigenvalue weighted by atomic mass is 9.96. The maximum Gasteiger partial charge on any atom is 0.132 e. The Labute approximate surface area is 138 Å². The third-order valence-electron chi connectivity index (χ3n) is 4.45. The van der Waals surface area contributed by atoms with Crippen molar-refractivity contribution >= 4 is 11.3 Å². The highest BCUT2D eigenvalue weighted by Gasteiger charge is 2.24. The molecule has 0 spiro atoms. The molecule has 0 atom stereocenters. The van der Waals surface area contributed by atoms with Crippen molar-refractivity contribution in [3.05, 3.63) is 53.7 Å².